The van der Waals surface area contributed by atoms with Gasteiger partial charge in [-0.3, -0.25) is 4.79 Å². The van der Waals surface area contributed by atoms with Crippen LogP contribution in [0.5, 0.6) is 0 Å². The number of carbonyl (C=O) groups excluding carboxylic acids is 1. The zero-order valence-corrected chi connectivity index (χ0v) is 10.6. The molecule has 1 saturated heterocycles. The molecule has 0 radical (unpaired) electrons. The number of fused-ring (bicyclic) bond motifs is 1. The van der Waals surface area contributed by atoms with E-state index in [-0.39, 0.29) is 11.2 Å². The number of hydrogen-bond donors (Lipinski definition) is 3. The summed E-state index contributed by atoms with van der Waals surface area (Å²) < 4.78 is 0.594. The van der Waals surface area contributed by atoms with E-state index in [1.54, 1.807) is 4.90 Å². The summed E-state index contributed by atoms with van der Waals surface area (Å²) in [4.78, 5) is 19.6. The third-order valence-corrected chi connectivity index (χ3v) is 3.47. The Morgan fingerprint density at radius 3 is 2.82 bits per heavy atom. The van der Waals surface area contributed by atoms with Crippen molar-refractivity contribution in [2.24, 2.45) is 0 Å². The quantitative estimate of drug-likeness (QED) is 0.547. The highest BCUT2D eigenvalue weighted by atomic mass is 32.1. The van der Waals surface area contributed by atoms with Crippen LogP contribution in [-0.4, -0.2) is 27.7 Å². The minimum Gasteiger partial charge on any atom is -0.331 e. The number of aromatic nitrogens is 2. The topological polar surface area (TPSA) is 51.9 Å². The smallest absolute Gasteiger partial charge is 0.228 e. The number of amides is 1. The van der Waals surface area contributed by atoms with E-state index in [0.29, 0.717) is 17.7 Å². The first-order chi connectivity index (χ1) is 8.13. The van der Waals surface area contributed by atoms with Crippen molar-refractivity contribution in [1.29, 1.82) is 0 Å². The van der Waals surface area contributed by atoms with E-state index in [2.05, 4.69) is 22.6 Å². The van der Waals surface area contributed by atoms with Crippen LogP contribution in [0.2, 0.25) is 0 Å². The molecule has 3 rings (SSSR count). The molecule has 0 bridgehead atoms. The maximum atomic E-state index is 11.8. The maximum Gasteiger partial charge on any atom is 0.228 e. The van der Waals surface area contributed by atoms with Gasteiger partial charge in [-0.25, -0.2) is 0 Å². The van der Waals surface area contributed by atoms with Gasteiger partial charge in [0.15, 0.2) is 4.77 Å². The predicted octanol–water partition coefficient (Wildman–Crippen LogP) is 2.26. The average molecular weight is 265 g/mol. The van der Waals surface area contributed by atoms with Crippen LogP contribution in [-0.2, 0) is 4.79 Å². The Morgan fingerprint density at radius 2 is 2.12 bits per heavy atom. The third kappa shape index (κ3) is 1.87. The number of aromatic amines is 2. The number of H-pyrrole nitrogens is 2. The standard InChI is InChI=1S/C11H11N3OS2/c15-10-4-7(16)5-14(10)6-1-2-8-9(3-6)13-11(17)12-8/h1-3,7,16H,4-5H2,(H2,12,13,17). The molecule has 2 aromatic rings. The van der Waals surface area contributed by atoms with Crippen LogP contribution in [0, 0.1) is 4.77 Å². The minimum absolute atomic E-state index is 0.124. The molecule has 2 N–H and O–H groups in total. The fraction of sp³-hybridized carbons (Fsp3) is 0.273. The molecule has 1 aromatic heterocycles. The monoisotopic (exact) mass is 265 g/mol. The molecule has 0 spiro atoms. The van der Waals surface area contributed by atoms with Crippen molar-refractivity contribution < 1.29 is 4.79 Å². The van der Waals surface area contributed by atoms with Crippen molar-refractivity contribution in [3.8, 4) is 0 Å². The van der Waals surface area contributed by atoms with E-state index in [1.807, 2.05) is 18.2 Å². The van der Waals surface area contributed by atoms with Crippen molar-refractivity contribution in [2.75, 3.05) is 11.4 Å². The number of benzene rings is 1. The van der Waals surface area contributed by atoms with Gasteiger partial charge < -0.3 is 14.9 Å². The summed E-state index contributed by atoms with van der Waals surface area (Å²) in [7, 11) is 0. The molecule has 1 aliphatic heterocycles. The Morgan fingerprint density at radius 1 is 1.35 bits per heavy atom. The first-order valence-corrected chi connectivity index (χ1v) is 6.26. The molecule has 6 heteroatoms. The molecule has 1 fully saturated rings. The van der Waals surface area contributed by atoms with Crippen LogP contribution in [0.25, 0.3) is 11.0 Å². The van der Waals surface area contributed by atoms with Crippen LogP contribution in [0.3, 0.4) is 0 Å². The summed E-state index contributed by atoms with van der Waals surface area (Å²) in [5.74, 6) is 0.124. The highest BCUT2D eigenvalue weighted by molar-refractivity contribution is 7.81. The van der Waals surface area contributed by atoms with Crippen molar-refractivity contribution >= 4 is 47.5 Å². The highest BCUT2D eigenvalue weighted by Gasteiger charge is 2.28. The molecule has 88 valence electrons. The summed E-state index contributed by atoms with van der Waals surface area (Å²) in [5.41, 5.74) is 2.76. The Labute approximate surface area is 108 Å². The number of rotatable bonds is 1. The Kier molecular flexibility index (Phi) is 2.48. The molecular formula is C11H11N3OS2. The van der Waals surface area contributed by atoms with Gasteiger partial charge in [-0.05, 0) is 30.4 Å². The van der Waals surface area contributed by atoms with Crippen LogP contribution in [0.1, 0.15) is 6.42 Å². The summed E-state index contributed by atoms with van der Waals surface area (Å²) in [6.07, 6.45) is 0.504. The van der Waals surface area contributed by atoms with Crippen molar-refractivity contribution in [3.05, 3.63) is 23.0 Å². The number of hydrogen-bond acceptors (Lipinski definition) is 3. The molecule has 1 unspecified atom stereocenters. The Bertz CT molecular complexity index is 645. The first-order valence-electron chi connectivity index (χ1n) is 5.34. The lowest BCUT2D eigenvalue weighted by Crippen LogP contribution is -2.24. The van der Waals surface area contributed by atoms with Crippen molar-refractivity contribution in [1.82, 2.24) is 9.97 Å². The van der Waals surface area contributed by atoms with E-state index in [1.165, 1.54) is 0 Å². The second-order valence-electron chi connectivity index (χ2n) is 4.17. The molecule has 1 aromatic carbocycles. The van der Waals surface area contributed by atoms with Gasteiger partial charge in [0.2, 0.25) is 5.91 Å². The summed E-state index contributed by atoms with van der Waals surface area (Å²) in [6.45, 7) is 0.665. The van der Waals surface area contributed by atoms with E-state index < -0.39 is 0 Å². The molecule has 17 heavy (non-hydrogen) atoms. The average Bonchev–Trinajstić information content (AvgIpc) is 2.78. The predicted molar refractivity (Wildman–Crippen MR) is 73.2 cm³/mol. The SMILES string of the molecule is O=C1CC(S)CN1c1ccc2[nH]c(=S)[nH]c2c1. The van der Waals surface area contributed by atoms with Crippen LogP contribution in [0.15, 0.2) is 18.2 Å². The molecule has 1 aliphatic rings. The lowest BCUT2D eigenvalue weighted by molar-refractivity contribution is -0.117. The molecule has 0 aliphatic carbocycles. The Hall–Kier alpha value is -1.27. The molecule has 1 atom stereocenters. The largest absolute Gasteiger partial charge is 0.331 e. The fourth-order valence-electron chi connectivity index (χ4n) is 2.13. The van der Waals surface area contributed by atoms with Gasteiger partial charge >= 0.3 is 0 Å². The zero-order chi connectivity index (χ0) is 12.0. The normalized spacial score (nSPS) is 20.4. The third-order valence-electron chi connectivity index (χ3n) is 2.92. The highest BCUT2D eigenvalue weighted by Crippen LogP contribution is 2.26. The number of nitrogens with one attached hydrogen (secondary N) is 2. The molecule has 1 amide bonds. The van der Waals surface area contributed by atoms with E-state index in [9.17, 15) is 4.79 Å². The number of nitrogens with zero attached hydrogens (tertiary/aromatic N) is 1. The van der Waals surface area contributed by atoms with Crippen molar-refractivity contribution in [2.45, 2.75) is 11.7 Å². The zero-order valence-electron chi connectivity index (χ0n) is 8.93. The molecule has 4 nitrogen and oxygen atoms in total. The lowest BCUT2D eigenvalue weighted by atomic mass is 10.2. The van der Waals surface area contributed by atoms with Gasteiger partial charge in [-0.15, -0.1) is 0 Å². The van der Waals surface area contributed by atoms with E-state index in [4.69, 9.17) is 12.2 Å². The number of anilines is 1. The summed E-state index contributed by atoms with van der Waals surface area (Å²) >= 11 is 9.37. The van der Waals surface area contributed by atoms with Gasteiger partial charge in [-0.2, -0.15) is 12.6 Å². The first kappa shape index (κ1) is 10.9. The van der Waals surface area contributed by atoms with Crippen LogP contribution in [0.4, 0.5) is 5.69 Å². The number of imidazole rings is 1. The maximum absolute atomic E-state index is 11.8. The fourth-order valence-corrected chi connectivity index (χ4v) is 2.67. The lowest BCUT2D eigenvalue weighted by Gasteiger charge is -2.15. The summed E-state index contributed by atoms with van der Waals surface area (Å²) in [5, 5.41) is 0.128. The van der Waals surface area contributed by atoms with Crippen LogP contribution < -0.4 is 4.90 Å². The molecule has 0 saturated carbocycles. The number of thiol groups is 1. The Balaban J connectivity index is 2.06. The van der Waals surface area contributed by atoms with Gasteiger partial charge in [0.25, 0.3) is 0 Å². The molecule has 2 heterocycles. The van der Waals surface area contributed by atoms with Gasteiger partial charge in [0.05, 0.1) is 11.0 Å². The molecular weight excluding hydrogens is 254 g/mol. The van der Waals surface area contributed by atoms with E-state index >= 15 is 0 Å². The minimum atomic E-state index is 0.124. The second kappa shape index (κ2) is 3.89. The van der Waals surface area contributed by atoms with Gasteiger partial charge in [-0.1, -0.05) is 0 Å². The van der Waals surface area contributed by atoms with Gasteiger partial charge in [0, 0.05) is 23.9 Å². The second-order valence-corrected chi connectivity index (χ2v) is 5.31. The van der Waals surface area contributed by atoms with Crippen molar-refractivity contribution in [3.63, 3.8) is 0 Å². The van der Waals surface area contributed by atoms with Gasteiger partial charge in [0.1, 0.15) is 0 Å². The number of carbonyl (C=O) groups is 1. The summed E-state index contributed by atoms with van der Waals surface area (Å²) in [6, 6.07) is 5.78. The van der Waals surface area contributed by atoms with Crippen LogP contribution >= 0.6 is 24.8 Å². The van der Waals surface area contributed by atoms with E-state index in [0.717, 1.165) is 16.7 Å².